The van der Waals surface area contributed by atoms with Gasteiger partial charge in [-0.05, 0) is 30.3 Å². The Balaban J connectivity index is 1.96. The minimum Gasteiger partial charge on any atom is -0.398 e. The minimum absolute atomic E-state index is 0.772. The molecule has 2 N–H and O–H groups in total. The van der Waals surface area contributed by atoms with E-state index < -0.39 is 0 Å². The Bertz CT molecular complexity index is 676. The highest BCUT2D eigenvalue weighted by atomic mass is 79.9. The van der Waals surface area contributed by atoms with Crippen LogP contribution in [0.2, 0.25) is 0 Å². The summed E-state index contributed by atoms with van der Waals surface area (Å²) in [7, 11) is 0. The van der Waals surface area contributed by atoms with E-state index in [4.69, 9.17) is 5.73 Å². The Labute approximate surface area is 121 Å². The third-order valence-corrected chi connectivity index (χ3v) is 5.13. The number of fused-ring (bicyclic) bond motifs is 1. The Kier molecular flexibility index (Phi) is 3.28. The summed E-state index contributed by atoms with van der Waals surface area (Å²) in [5.41, 5.74) is 7.80. The average molecular weight is 337 g/mol. The summed E-state index contributed by atoms with van der Waals surface area (Å²) in [4.78, 5) is 5.62. The van der Waals surface area contributed by atoms with Crippen molar-refractivity contribution in [2.45, 2.75) is 9.24 Å². The first kappa shape index (κ1) is 12.0. The SMILES string of the molecule is Nc1cc(Br)ccc1Sc1nc2ccccc2s1. The molecule has 0 aliphatic heterocycles. The van der Waals surface area contributed by atoms with Crippen LogP contribution < -0.4 is 5.73 Å². The number of aromatic nitrogens is 1. The van der Waals surface area contributed by atoms with Crippen molar-refractivity contribution >= 4 is 54.9 Å². The molecule has 0 unspecified atom stereocenters. The number of nitrogen functional groups attached to an aromatic ring is 1. The number of rotatable bonds is 2. The summed E-state index contributed by atoms with van der Waals surface area (Å²) in [5, 5.41) is 0. The maximum Gasteiger partial charge on any atom is 0.155 e. The van der Waals surface area contributed by atoms with Gasteiger partial charge in [-0.1, -0.05) is 39.8 Å². The largest absolute Gasteiger partial charge is 0.398 e. The molecule has 0 atom stereocenters. The Morgan fingerprint density at radius 2 is 2.00 bits per heavy atom. The standard InChI is InChI=1S/C13H9BrN2S2/c14-8-5-6-11(9(15)7-8)17-13-16-10-3-1-2-4-12(10)18-13/h1-7H,15H2. The van der Waals surface area contributed by atoms with E-state index in [2.05, 4.69) is 27.0 Å². The highest BCUT2D eigenvalue weighted by Crippen LogP contribution is 2.37. The smallest absolute Gasteiger partial charge is 0.155 e. The summed E-state index contributed by atoms with van der Waals surface area (Å²) in [6.07, 6.45) is 0. The van der Waals surface area contributed by atoms with Crippen LogP contribution in [0.15, 0.2) is 56.2 Å². The molecular weight excluding hydrogens is 328 g/mol. The van der Waals surface area contributed by atoms with Gasteiger partial charge in [0, 0.05) is 15.1 Å². The van der Waals surface area contributed by atoms with Gasteiger partial charge in [0.1, 0.15) is 0 Å². The molecule has 2 aromatic carbocycles. The molecule has 0 aliphatic carbocycles. The lowest BCUT2D eigenvalue weighted by molar-refractivity contribution is 1.29. The van der Waals surface area contributed by atoms with Crippen molar-refractivity contribution in [3.8, 4) is 0 Å². The van der Waals surface area contributed by atoms with Gasteiger partial charge in [0.25, 0.3) is 0 Å². The van der Waals surface area contributed by atoms with Gasteiger partial charge < -0.3 is 5.73 Å². The van der Waals surface area contributed by atoms with E-state index in [1.165, 1.54) is 4.70 Å². The van der Waals surface area contributed by atoms with Crippen molar-refractivity contribution in [3.05, 3.63) is 46.9 Å². The molecule has 5 heteroatoms. The highest BCUT2D eigenvalue weighted by molar-refractivity contribution is 9.10. The van der Waals surface area contributed by atoms with Crippen LogP contribution in [0.25, 0.3) is 10.2 Å². The van der Waals surface area contributed by atoms with Crippen LogP contribution in [0, 0.1) is 0 Å². The fourth-order valence-electron chi connectivity index (χ4n) is 1.60. The van der Waals surface area contributed by atoms with E-state index in [0.29, 0.717) is 0 Å². The van der Waals surface area contributed by atoms with Crippen LogP contribution in [0.4, 0.5) is 5.69 Å². The fraction of sp³-hybridized carbons (Fsp3) is 0. The summed E-state index contributed by atoms with van der Waals surface area (Å²) in [5.74, 6) is 0. The first-order valence-corrected chi connectivity index (χ1v) is 7.73. The average Bonchev–Trinajstić information content (AvgIpc) is 2.75. The third kappa shape index (κ3) is 2.39. The minimum atomic E-state index is 0.772. The topological polar surface area (TPSA) is 38.9 Å². The molecule has 0 saturated carbocycles. The summed E-state index contributed by atoms with van der Waals surface area (Å²) in [6.45, 7) is 0. The van der Waals surface area contributed by atoms with Gasteiger partial charge in [0.15, 0.2) is 4.34 Å². The zero-order valence-corrected chi connectivity index (χ0v) is 12.5. The molecule has 3 rings (SSSR count). The highest BCUT2D eigenvalue weighted by Gasteiger charge is 2.07. The van der Waals surface area contributed by atoms with E-state index in [1.807, 2.05) is 36.4 Å². The van der Waals surface area contributed by atoms with Crippen molar-refractivity contribution in [1.82, 2.24) is 4.98 Å². The van der Waals surface area contributed by atoms with Crippen molar-refractivity contribution in [3.63, 3.8) is 0 Å². The predicted molar refractivity (Wildman–Crippen MR) is 82.3 cm³/mol. The zero-order chi connectivity index (χ0) is 12.5. The van der Waals surface area contributed by atoms with Gasteiger partial charge in [-0.25, -0.2) is 4.98 Å². The van der Waals surface area contributed by atoms with E-state index in [9.17, 15) is 0 Å². The number of benzene rings is 2. The second-order valence-electron chi connectivity index (χ2n) is 3.73. The molecule has 1 heterocycles. The molecule has 0 aliphatic rings. The summed E-state index contributed by atoms with van der Waals surface area (Å²) < 4.78 is 3.22. The van der Waals surface area contributed by atoms with E-state index >= 15 is 0 Å². The number of para-hydroxylation sites is 1. The van der Waals surface area contributed by atoms with Gasteiger partial charge in [-0.3, -0.25) is 0 Å². The predicted octanol–water partition coefficient (Wildman–Crippen LogP) is 4.79. The Hall–Kier alpha value is -1.04. The van der Waals surface area contributed by atoms with E-state index in [1.54, 1.807) is 23.1 Å². The first-order valence-electron chi connectivity index (χ1n) is 5.31. The fourth-order valence-corrected chi connectivity index (χ4v) is 4.03. The van der Waals surface area contributed by atoms with Gasteiger partial charge in [-0.15, -0.1) is 11.3 Å². The van der Waals surface area contributed by atoms with Gasteiger partial charge >= 0.3 is 0 Å². The maximum absolute atomic E-state index is 5.99. The summed E-state index contributed by atoms with van der Waals surface area (Å²) in [6, 6.07) is 14.1. The van der Waals surface area contributed by atoms with Crippen LogP contribution in [0.5, 0.6) is 0 Å². The van der Waals surface area contributed by atoms with Gasteiger partial charge in [-0.2, -0.15) is 0 Å². The quantitative estimate of drug-likeness (QED) is 0.683. The normalized spacial score (nSPS) is 10.9. The molecule has 0 saturated heterocycles. The monoisotopic (exact) mass is 336 g/mol. The zero-order valence-electron chi connectivity index (χ0n) is 9.26. The molecule has 0 fully saturated rings. The molecule has 0 radical (unpaired) electrons. The number of nitrogens with two attached hydrogens (primary N) is 1. The number of hydrogen-bond acceptors (Lipinski definition) is 4. The third-order valence-electron chi connectivity index (χ3n) is 2.44. The van der Waals surface area contributed by atoms with Crippen LogP contribution in [0.1, 0.15) is 0 Å². The van der Waals surface area contributed by atoms with Crippen molar-refractivity contribution in [2.75, 3.05) is 5.73 Å². The number of halogens is 1. The Morgan fingerprint density at radius 3 is 2.78 bits per heavy atom. The number of hydrogen-bond donors (Lipinski definition) is 1. The van der Waals surface area contributed by atoms with E-state index in [-0.39, 0.29) is 0 Å². The molecule has 0 spiro atoms. The molecule has 90 valence electrons. The van der Waals surface area contributed by atoms with Crippen molar-refractivity contribution in [1.29, 1.82) is 0 Å². The van der Waals surface area contributed by atoms with Crippen LogP contribution >= 0.6 is 39.0 Å². The lowest BCUT2D eigenvalue weighted by Gasteiger charge is -2.02. The van der Waals surface area contributed by atoms with Crippen molar-refractivity contribution < 1.29 is 0 Å². The Morgan fingerprint density at radius 1 is 1.17 bits per heavy atom. The summed E-state index contributed by atoms with van der Waals surface area (Å²) >= 11 is 6.71. The maximum atomic E-state index is 5.99. The lowest BCUT2D eigenvalue weighted by atomic mass is 10.3. The van der Waals surface area contributed by atoms with Crippen LogP contribution in [0.3, 0.4) is 0 Å². The van der Waals surface area contributed by atoms with Gasteiger partial charge in [0.2, 0.25) is 0 Å². The second kappa shape index (κ2) is 4.91. The first-order chi connectivity index (χ1) is 8.72. The van der Waals surface area contributed by atoms with E-state index in [0.717, 1.165) is 24.9 Å². The molecule has 0 bridgehead atoms. The molecule has 18 heavy (non-hydrogen) atoms. The number of thiazole rings is 1. The molecular formula is C13H9BrN2S2. The van der Waals surface area contributed by atoms with Gasteiger partial charge in [0.05, 0.1) is 10.2 Å². The van der Waals surface area contributed by atoms with Crippen LogP contribution in [-0.4, -0.2) is 4.98 Å². The number of anilines is 1. The second-order valence-corrected chi connectivity index (χ2v) is 6.97. The van der Waals surface area contributed by atoms with Crippen LogP contribution in [-0.2, 0) is 0 Å². The lowest BCUT2D eigenvalue weighted by Crippen LogP contribution is -1.87. The molecule has 0 amide bonds. The molecule has 1 aromatic heterocycles. The number of nitrogens with zero attached hydrogens (tertiary/aromatic N) is 1. The van der Waals surface area contributed by atoms with Crippen molar-refractivity contribution in [2.24, 2.45) is 0 Å². The molecule has 2 nitrogen and oxygen atoms in total. The molecule has 3 aromatic rings.